The zero-order chi connectivity index (χ0) is 13.4. The normalized spacial score (nSPS) is 18.2. The van der Waals surface area contributed by atoms with Gasteiger partial charge in [-0.15, -0.1) is 0 Å². The third-order valence-corrected chi connectivity index (χ3v) is 3.98. The van der Waals surface area contributed by atoms with Crippen LogP contribution in [0.15, 0.2) is 36.5 Å². The van der Waals surface area contributed by atoms with E-state index in [9.17, 15) is 4.79 Å². The highest BCUT2D eigenvalue weighted by atomic mass is 35.5. The molecule has 0 N–H and O–H groups in total. The van der Waals surface area contributed by atoms with Crippen LogP contribution in [0.5, 0.6) is 0 Å². The zero-order valence-corrected chi connectivity index (χ0v) is 11.4. The standard InChI is InChI=1S/C16H14ClNO/c1-10-6-7-18-14-8-12(9-15(19)16(10)14)11-2-4-13(17)5-3-11/h2-7,12H,8-9H2,1H3/t12-/m1/s1. The number of rotatable bonds is 1. The molecule has 0 fully saturated rings. The van der Waals surface area contributed by atoms with Crippen molar-refractivity contribution in [3.05, 3.63) is 63.9 Å². The molecule has 1 atom stereocenters. The first-order valence-corrected chi connectivity index (χ1v) is 6.76. The van der Waals surface area contributed by atoms with Crippen molar-refractivity contribution in [3.8, 4) is 0 Å². The van der Waals surface area contributed by atoms with Gasteiger partial charge in [-0.3, -0.25) is 9.78 Å². The van der Waals surface area contributed by atoms with Crippen molar-refractivity contribution in [2.24, 2.45) is 0 Å². The fourth-order valence-corrected chi connectivity index (χ4v) is 2.88. The summed E-state index contributed by atoms with van der Waals surface area (Å²) in [5.74, 6) is 0.415. The third-order valence-electron chi connectivity index (χ3n) is 3.73. The molecule has 0 saturated carbocycles. The second-order valence-corrected chi connectivity index (χ2v) is 5.47. The van der Waals surface area contributed by atoms with E-state index < -0.39 is 0 Å². The molecule has 0 spiro atoms. The molecule has 0 aliphatic heterocycles. The second-order valence-electron chi connectivity index (χ2n) is 5.03. The summed E-state index contributed by atoms with van der Waals surface area (Å²) in [6.07, 6.45) is 3.16. The van der Waals surface area contributed by atoms with Crippen molar-refractivity contribution in [2.75, 3.05) is 0 Å². The van der Waals surface area contributed by atoms with Crippen molar-refractivity contribution in [3.63, 3.8) is 0 Å². The molecule has 0 radical (unpaired) electrons. The summed E-state index contributed by atoms with van der Waals surface area (Å²) in [6.45, 7) is 1.97. The topological polar surface area (TPSA) is 30.0 Å². The zero-order valence-electron chi connectivity index (χ0n) is 10.7. The maximum atomic E-state index is 12.3. The Morgan fingerprint density at radius 2 is 1.89 bits per heavy atom. The lowest BCUT2D eigenvalue weighted by molar-refractivity contribution is 0.0962. The van der Waals surface area contributed by atoms with Crippen LogP contribution >= 0.6 is 11.6 Å². The van der Waals surface area contributed by atoms with Crippen LogP contribution in [-0.2, 0) is 6.42 Å². The van der Waals surface area contributed by atoms with Gasteiger partial charge in [0.1, 0.15) is 0 Å². The molecule has 1 aromatic carbocycles. The average molecular weight is 272 g/mol. The quantitative estimate of drug-likeness (QED) is 0.786. The molecule has 96 valence electrons. The van der Waals surface area contributed by atoms with Gasteiger partial charge in [-0.1, -0.05) is 23.7 Å². The van der Waals surface area contributed by atoms with E-state index in [-0.39, 0.29) is 11.7 Å². The lowest BCUT2D eigenvalue weighted by atomic mass is 9.80. The molecule has 1 heterocycles. The fraction of sp³-hybridized carbons (Fsp3) is 0.250. The van der Waals surface area contributed by atoms with Crippen LogP contribution in [0.2, 0.25) is 5.02 Å². The first-order chi connectivity index (χ1) is 9.15. The lowest BCUT2D eigenvalue weighted by Crippen LogP contribution is -2.21. The molecule has 2 nitrogen and oxygen atoms in total. The maximum Gasteiger partial charge on any atom is 0.165 e. The van der Waals surface area contributed by atoms with Crippen LogP contribution in [0.1, 0.15) is 39.5 Å². The van der Waals surface area contributed by atoms with E-state index >= 15 is 0 Å². The summed E-state index contributed by atoms with van der Waals surface area (Å²) < 4.78 is 0. The van der Waals surface area contributed by atoms with Gasteiger partial charge in [0, 0.05) is 23.2 Å². The number of halogens is 1. The minimum atomic E-state index is 0.201. The number of ketones is 1. The van der Waals surface area contributed by atoms with Crippen molar-refractivity contribution < 1.29 is 4.79 Å². The predicted octanol–water partition coefficient (Wildman–Crippen LogP) is 3.96. The van der Waals surface area contributed by atoms with E-state index in [1.165, 1.54) is 0 Å². The van der Waals surface area contributed by atoms with E-state index in [4.69, 9.17) is 11.6 Å². The Balaban J connectivity index is 1.97. The summed E-state index contributed by atoms with van der Waals surface area (Å²) >= 11 is 5.90. The Morgan fingerprint density at radius 3 is 2.63 bits per heavy atom. The molecule has 0 unspecified atom stereocenters. The largest absolute Gasteiger partial charge is 0.294 e. The van der Waals surface area contributed by atoms with Gasteiger partial charge in [-0.2, -0.15) is 0 Å². The lowest BCUT2D eigenvalue weighted by Gasteiger charge is -2.24. The van der Waals surface area contributed by atoms with Gasteiger partial charge in [-0.05, 0) is 48.6 Å². The molecule has 1 aromatic heterocycles. The predicted molar refractivity (Wildman–Crippen MR) is 75.8 cm³/mol. The number of aryl methyl sites for hydroxylation is 1. The van der Waals surface area contributed by atoms with Crippen molar-refractivity contribution in [1.29, 1.82) is 0 Å². The van der Waals surface area contributed by atoms with Crippen LogP contribution in [-0.4, -0.2) is 10.8 Å². The highest BCUT2D eigenvalue weighted by Gasteiger charge is 2.28. The van der Waals surface area contributed by atoms with E-state index in [0.717, 1.165) is 33.8 Å². The molecule has 1 aliphatic carbocycles. The summed E-state index contributed by atoms with van der Waals surface area (Å²) in [5.41, 5.74) is 3.94. The number of fused-ring (bicyclic) bond motifs is 1. The van der Waals surface area contributed by atoms with Crippen molar-refractivity contribution >= 4 is 17.4 Å². The molecule has 1 aliphatic rings. The highest BCUT2D eigenvalue weighted by Crippen LogP contribution is 2.33. The van der Waals surface area contributed by atoms with Crippen molar-refractivity contribution in [2.45, 2.75) is 25.7 Å². The van der Waals surface area contributed by atoms with E-state index in [0.29, 0.717) is 6.42 Å². The number of nitrogens with zero attached hydrogens (tertiary/aromatic N) is 1. The Hall–Kier alpha value is -1.67. The molecular weight excluding hydrogens is 258 g/mol. The van der Waals surface area contributed by atoms with Crippen molar-refractivity contribution in [1.82, 2.24) is 4.98 Å². The van der Waals surface area contributed by atoms with Gasteiger partial charge in [0.05, 0.1) is 5.69 Å². The SMILES string of the molecule is Cc1ccnc2c1C(=O)C[C@H](c1ccc(Cl)cc1)C2. The Labute approximate surface area is 117 Å². The van der Waals surface area contributed by atoms with Crippen LogP contribution in [0.4, 0.5) is 0 Å². The van der Waals surface area contributed by atoms with Gasteiger partial charge in [-0.25, -0.2) is 0 Å². The Bertz CT molecular complexity index is 634. The summed E-state index contributed by atoms with van der Waals surface area (Å²) in [6, 6.07) is 9.66. The van der Waals surface area contributed by atoms with E-state index in [1.807, 2.05) is 37.3 Å². The first-order valence-electron chi connectivity index (χ1n) is 6.38. The van der Waals surface area contributed by atoms with Gasteiger partial charge in [0.15, 0.2) is 5.78 Å². The number of carbonyl (C=O) groups excluding carboxylic acids is 1. The number of carbonyl (C=O) groups is 1. The molecule has 19 heavy (non-hydrogen) atoms. The van der Waals surface area contributed by atoms with Gasteiger partial charge in [0.2, 0.25) is 0 Å². The van der Waals surface area contributed by atoms with Crippen LogP contribution in [0.25, 0.3) is 0 Å². The van der Waals surface area contributed by atoms with Crippen LogP contribution < -0.4 is 0 Å². The Kier molecular flexibility index (Phi) is 3.11. The molecule has 0 amide bonds. The van der Waals surface area contributed by atoms with Crippen LogP contribution in [0.3, 0.4) is 0 Å². The number of hydrogen-bond donors (Lipinski definition) is 0. The third kappa shape index (κ3) is 2.28. The average Bonchev–Trinajstić information content (AvgIpc) is 2.39. The number of pyridine rings is 1. The minimum Gasteiger partial charge on any atom is -0.294 e. The van der Waals surface area contributed by atoms with Gasteiger partial charge >= 0.3 is 0 Å². The maximum absolute atomic E-state index is 12.3. The summed E-state index contributed by atoms with van der Waals surface area (Å²) in [7, 11) is 0. The van der Waals surface area contributed by atoms with E-state index in [1.54, 1.807) is 6.20 Å². The number of benzene rings is 1. The number of aromatic nitrogens is 1. The second kappa shape index (κ2) is 4.78. The molecule has 0 saturated heterocycles. The molecule has 3 rings (SSSR count). The fourth-order valence-electron chi connectivity index (χ4n) is 2.75. The van der Waals surface area contributed by atoms with Crippen LogP contribution in [0, 0.1) is 6.92 Å². The number of hydrogen-bond acceptors (Lipinski definition) is 2. The smallest absolute Gasteiger partial charge is 0.165 e. The molecule has 2 aromatic rings. The summed E-state index contributed by atoms with van der Waals surface area (Å²) in [5, 5.41) is 0.722. The highest BCUT2D eigenvalue weighted by molar-refractivity contribution is 6.30. The van der Waals surface area contributed by atoms with E-state index in [2.05, 4.69) is 4.98 Å². The molecular formula is C16H14ClNO. The minimum absolute atomic E-state index is 0.201. The summed E-state index contributed by atoms with van der Waals surface area (Å²) in [4.78, 5) is 16.7. The van der Waals surface area contributed by atoms with Gasteiger partial charge < -0.3 is 0 Å². The molecule has 3 heteroatoms. The monoisotopic (exact) mass is 271 g/mol. The van der Waals surface area contributed by atoms with Gasteiger partial charge in [0.25, 0.3) is 0 Å². The first kappa shape index (κ1) is 12.4. The Morgan fingerprint density at radius 1 is 1.16 bits per heavy atom. The molecule has 0 bridgehead atoms. The number of Topliss-reactive ketones (excluding diaryl/α,β-unsaturated/α-hetero) is 1.